The molecule has 0 bridgehead atoms. The molecule has 1 atom stereocenters. The molecule has 5 nitrogen and oxygen atoms in total. The van der Waals surface area contributed by atoms with Gasteiger partial charge in [-0.05, 0) is 13.0 Å². The number of rotatable bonds is 1. The summed E-state index contributed by atoms with van der Waals surface area (Å²) in [6, 6.07) is 0. The van der Waals surface area contributed by atoms with Gasteiger partial charge in [-0.15, -0.1) is 0 Å². The number of hydrogen-bond donors (Lipinski definition) is 3. The van der Waals surface area contributed by atoms with E-state index in [1.165, 1.54) is 5.23 Å². The minimum absolute atomic E-state index is 0.133. The van der Waals surface area contributed by atoms with E-state index >= 15 is 0 Å². The van der Waals surface area contributed by atoms with Crippen LogP contribution in [-0.4, -0.2) is 18.6 Å². The van der Waals surface area contributed by atoms with Gasteiger partial charge in [0, 0.05) is 12.8 Å². The summed E-state index contributed by atoms with van der Waals surface area (Å²) < 4.78 is 4.98. The molecule has 0 aromatic carbocycles. The highest BCUT2D eigenvalue weighted by atomic mass is 16.5. The lowest BCUT2D eigenvalue weighted by Gasteiger charge is -2.28. The maximum Gasteiger partial charge on any atom is 0.144 e. The van der Waals surface area contributed by atoms with Crippen LogP contribution >= 0.6 is 0 Å². The van der Waals surface area contributed by atoms with Crippen molar-refractivity contribution in [2.45, 2.75) is 13.2 Å². The van der Waals surface area contributed by atoms with Crippen molar-refractivity contribution in [2.24, 2.45) is 5.84 Å². The van der Waals surface area contributed by atoms with Gasteiger partial charge in [0.2, 0.25) is 0 Å². The SMILES string of the molecule is COC1C=C(C)NN(N)N1. The lowest BCUT2D eigenvalue weighted by atomic mass is 10.4. The monoisotopic (exact) mass is 144 g/mol. The fourth-order valence-electron chi connectivity index (χ4n) is 0.782. The summed E-state index contributed by atoms with van der Waals surface area (Å²) in [5.74, 6) is 5.38. The van der Waals surface area contributed by atoms with Gasteiger partial charge in [-0.3, -0.25) is 5.43 Å². The predicted octanol–water partition coefficient (Wildman–Crippen LogP) is -0.939. The summed E-state index contributed by atoms with van der Waals surface area (Å²) >= 11 is 0. The number of nitrogens with zero attached hydrogens (tertiary/aromatic N) is 1. The summed E-state index contributed by atoms with van der Waals surface area (Å²) in [4.78, 5) is 0. The first kappa shape index (κ1) is 7.49. The number of hydrogen-bond acceptors (Lipinski definition) is 5. The van der Waals surface area contributed by atoms with Crippen molar-refractivity contribution in [2.75, 3.05) is 7.11 Å². The Morgan fingerprint density at radius 1 is 1.80 bits per heavy atom. The Hall–Kier alpha value is -0.620. The molecule has 1 rings (SSSR count). The van der Waals surface area contributed by atoms with E-state index in [0.29, 0.717) is 0 Å². The fourth-order valence-corrected chi connectivity index (χ4v) is 0.782. The third-order valence-corrected chi connectivity index (χ3v) is 1.22. The molecule has 4 N–H and O–H groups in total. The molecule has 0 spiro atoms. The lowest BCUT2D eigenvalue weighted by molar-refractivity contribution is -0.00555. The van der Waals surface area contributed by atoms with Crippen LogP contribution in [0.25, 0.3) is 0 Å². The van der Waals surface area contributed by atoms with E-state index in [9.17, 15) is 0 Å². The number of hydrazine groups is 3. The average Bonchev–Trinajstić information content (AvgIpc) is 1.85. The minimum atomic E-state index is -0.133. The Morgan fingerprint density at radius 2 is 2.50 bits per heavy atom. The highest BCUT2D eigenvalue weighted by molar-refractivity contribution is 5.00. The van der Waals surface area contributed by atoms with Gasteiger partial charge in [0.15, 0.2) is 0 Å². The van der Waals surface area contributed by atoms with Crippen LogP contribution in [0.5, 0.6) is 0 Å². The van der Waals surface area contributed by atoms with Crippen LogP contribution in [-0.2, 0) is 4.74 Å². The van der Waals surface area contributed by atoms with Crippen LogP contribution in [0, 0.1) is 0 Å². The quantitative estimate of drug-likeness (QED) is 0.415. The zero-order valence-corrected chi connectivity index (χ0v) is 6.09. The molecule has 0 radical (unpaired) electrons. The van der Waals surface area contributed by atoms with E-state index in [1.807, 2.05) is 13.0 Å². The smallest absolute Gasteiger partial charge is 0.144 e. The molecule has 58 valence electrons. The number of nitrogens with one attached hydrogen (secondary N) is 2. The van der Waals surface area contributed by atoms with Gasteiger partial charge < -0.3 is 4.74 Å². The molecule has 0 aromatic rings. The van der Waals surface area contributed by atoms with E-state index in [2.05, 4.69) is 10.9 Å². The summed E-state index contributed by atoms with van der Waals surface area (Å²) in [5.41, 5.74) is 6.59. The number of allylic oxidation sites excluding steroid dienone is 1. The largest absolute Gasteiger partial charge is 0.361 e. The second-order valence-corrected chi connectivity index (χ2v) is 2.12. The van der Waals surface area contributed by atoms with Gasteiger partial charge in [0.25, 0.3) is 0 Å². The van der Waals surface area contributed by atoms with Crippen molar-refractivity contribution >= 4 is 0 Å². The second-order valence-electron chi connectivity index (χ2n) is 2.12. The van der Waals surface area contributed by atoms with Crippen LogP contribution in [0.4, 0.5) is 0 Å². The van der Waals surface area contributed by atoms with Gasteiger partial charge in [-0.1, -0.05) is 5.23 Å². The topological polar surface area (TPSA) is 62.5 Å². The van der Waals surface area contributed by atoms with Crippen molar-refractivity contribution in [3.8, 4) is 0 Å². The van der Waals surface area contributed by atoms with Crippen molar-refractivity contribution in [3.63, 3.8) is 0 Å². The Morgan fingerprint density at radius 3 is 3.00 bits per heavy atom. The van der Waals surface area contributed by atoms with Crippen molar-refractivity contribution in [1.29, 1.82) is 0 Å². The zero-order chi connectivity index (χ0) is 7.56. The lowest BCUT2D eigenvalue weighted by Crippen LogP contribution is -2.58. The van der Waals surface area contributed by atoms with E-state index in [1.54, 1.807) is 7.11 Å². The molecule has 1 aliphatic rings. The van der Waals surface area contributed by atoms with Crippen LogP contribution in [0.1, 0.15) is 6.92 Å². The molecule has 0 saturated carbocycles. The number of ether oxygens (including phenoxy) is 1. The molecule has 0 aliphatic carbocycles. The molecule has 1 aliphatic heterocycles. The normalized spacial score (nSPS) is 27.5. The Kier molecular flexibility index (Phi) is 2.23. The van der Waals surface area contributed by atoms with Gasteiger partial charge in [0.1, 0.15) is 6.23 Å². The van der Waals surface area contributed by atoms with Gasteiger partial charge in [-0.25, -0.2) is 5.84 Å². The first-order valence-electron chi connectivity index (χ1n) is 3.01. The fraction of sp³-hybridized carbons (Fsp3) is 0.600. The van der Waals surface area contributed by atoms with Gasteiger partial charge >= 0.3 is 0 Å². The molecule has 0 amide bonds. The average molecular weight is 144 g/mol. The summed E-state index contributed by atoms with van der Waals surface area (Å²) in [5, 5.41) is 1.27. The maximum absolute atomic E-state index is 5.38. The summed E-state index contributed by atoms with van der Waals surface area (Å²) in [6.45, 7) is 1.91. The molecule has 5 heteroatoms. The van der Waals surface area contributed by atoms with Crippen molar-refractivity contribution in [3.05, 3.63) is 11.8 Å². The molecule has 0 fully saturated rings. The van der Waals surface area contributed by atoms with Crippen LogP contribution in [0.2, 0.25) is 0 Å². The second kappa shape index (κ2) is 2.98. The van der Waals surface area contributed by atoms with Crippen LogP contribution in [0.15, 0.2) is 11.8 Å². The van der Waals surface area contributed by atoms with E-state index in [4.69, 9.17) is 10.6 Å². The summed E-state index contributed by atoms with van der Waals surface area (Å²) in [6.07, 6.45) is 1.76. The third kappa shape index (κ3) is 1.68. The highest BCUT2D eigenvalue weighted by Gasteiger charge is 2.12. The van der Waals surface area contributed by atoms with E-state index in [-0.39, 0.29) is 6.23 Å². The Balaban J connectivity index is 2.55. The molecule has 0 saturated heterocycles. The molecule has 10 heavy (non-hydrogen) atoms. The first-order chi connectivity index (χ1) is 4.72. The van der Waals surface area contributed by atoms with Gasteiger partial charge in [0.05, 0.1) is 0 Å². The molecular formula is C5H12N4O. The van der Waals surface area contributed by atoms with Crippen LogP contribution in [0.3, 0.4) is 0 Å². The van der Waals surface area contributed by atoms with Crippen LogP contribution < -0.4 is 16.7 Å². The molecule has 1 unspecified atom stereocenters. The van der Waals surface area contributed by atoms with E-state index in [0.717, 1.165) is 5.70 Å². The van der Waals surface area contributed by atoms with E-state index < -0.39 is 0 Å². The molecule has 1 heterocycles. The standard InChI is InChI=1S/C5H12N4O/c1-4-3-5(10-2)8-9(6)7-4/h3,5,7-8H,6H2,1-2H3. The number of methoxy groups -OCH3 is 1. The number of nitrogens with two attached hydrogens (primary N) is 1. The third-order valence-electron chi connectivity index (χ3n) is 1.22. The zero-order valence-electron chi connectivity index (χ0n) is 6.09. The minimum Gasteiger partial charge on any atom is -0.361 e. The van der Waals surface area contributed by atoms with Gasteiger partial charge in [-0.2, -0.15) is 5.43 Å². The predicted molar refractivity (Wildman–Crippen MR) is 36.9 cm³/mol. The maximum atomic E-state index is 5.38. The van der Waals surface area contributed by atoms with Crippen molar-refractivity contribution in [1.82, 2.24) is 16.1 Å². The van der Waals surface area contributed by atoms with Crippen molar-refractivity contribution < 1.29 is 4.74 Å². The Bertz CT molecular complexity index is 147. The molecular weight excluding hydrogens is 132 g/mol. The summed E-state index contributed by atoms with van der Waals surface area (Å²) in [7, 11) is 1.61. The Labute approximate surface area is 59.7 Å². The highest BCUT2D eigenvalue weighted by Crippen LogP contribution is 1.98. The molecule has 0 aromatic heterocycles. The first-order valence-corrected chi connectivity index (χ1v) is 3.01.